The van der Waals surface area contributed by atoms with Crippen LogP contribution in [0.3, 0.4) is 0 Å². The van der Waals surface area contributed by atoms with Crippen LogP contribution in [0.15, 0.2) is 84.6 Å². The smallest absolute Gasteiger partial charge is 0.267 e. The van der Waals surface area contributed by atoms with Gasteiger partial charge in [-0.15, -0.1) is 0 Å². The highest BCUT2D eigenvalue weighted by Gasteiger charge is 2.14. The third-order valence-corrected chi connectivity index (χ3v) is 4.66. The summed E-state index contributed by atoms with van der Waals surface area (Å²) < 4.78 is 11.0. The molecule has 0 radical (unpaired) electrons. The number of amides is 2. The third-order valence-electron chi connectivity index (χ3n) is 4.66. The molecule has 7 heteroatoms. The second kappa shape index (κ2) is 12.1. The quantitative estimate of drug-likeness (QED) is 0.416. The van der Waals surface area contributed by atoms with Crippen molar-refractivity contribution in [2.75, 3.05) is 20.3 Å². The minimum atomic E-state index is -0.494. The summed E-state index contributed by atoms with van der Waals surface area (Å²) in [5, 5.41) is 14.2. The molecule has 3 rings (SSSR count). The Bertz CT molecular complexity index is 1100. The van der Waals surface area contributed by atoms with Gasteiger partial charge in [-0.25, -0.2) is 0 Å². The van der Waals surface area contributed by atoms with Crippen LogP contribution < -0.4 is 20.1 Å². The number of aliphatic hydroxyl groups excluding tert-OH is 1. The van der Waals surface area contributed by atoms with E-state index in [9.17, 15) is 9.59 Å². The first-order chi connectivity index (χ1) is 16.1. The number of benzene rings is 3. The maximum atomic E-state index is 12.5. The molecule has 0 aliphatic rings. The largest absolute Gasteiger partial charge is 0.497 e. The van der Waals surface area contributed by atoms with Gasteiger partial charge in [0.05, 0.1) is 13.7 Å². The van der Waals surface area contributed by atoms with Crippen molar-refractivity contribution in [3.63, 3.8) is 0 Å². The highest BCUT2D eigenvalue weighted by molar-refractivity contribution is 6.05. The molecule has 3 aromatic rings. The van der Waals surface area contributed by atoms with Crippen LogP contribution in [0.2, 0.25) is 0 Å². The average Bonchev–Trinajstić information content (AvgIpc) is 2.87. The molecule has 0 aromatic heterocycles. The minimum Gasteiger partial charge on any atom is -0.497 e. The molecule has 0 spiro atoms. The van der Waals surface area contributed by atoms with Crippen molar-refractivity contribution >= 4 is 17.9 Å². The minimum absolute atomic E-state index is 0.0716. The summed E-state index contributed by atoms with van der Waals surface area (Å²) in [5.41, 5.74) is 2.18. The van der Waals surface area contributed by atoms with E-state index in [-0.39, 0.29) is 18.8 Å². The molecule has 7 nitrogen and oxygen atoms in total. The van der Waals surface area contributed by atoms with Crippen molar-refractivity contribution in [1.82, 2.24) is 10.6 Å². The van der Waals surface area contributed by atoms with E-state index in [0.29, 0.717) is 23.5 Å². The van der Waals surface area contributed by atoms with E-state index in [0.717, 1.165) is 11.3 Å². The van der Waals surface area contributed by atoms with E-state index in [1.807, 2.05) is 24.3 Å². The fourth-order valence-corrected chi connectivity index (χ4v) is 2.96. The highest BCUT2D eigenvalue weighted by Crippen LogP contribution is 2.18. The zero-order chi connectivity index (χ0) is 23.5. The van der Waals surface area contributed by atoms with E-state index in [4.69, 9.17) is 14.6 Å². The molecule has 0 atom stereocenters. The molecule has 33 heavy (non-hydrogen) atoms. The monoisotopic (exact) mass is 446 g/mol. The standard InChI is InChI=1S/C26H26N2O5/c1-32-23-9-5-6-20(16-23)18-33-22-12-10-19(11-13-22)17-24(26(31)27-14-15-29)28-25(30)21-7-3-2-4-8-21/h2-13,16-17,29H,14-15,18H2,1H3,(H,27,31)(H,28,30). The number of hydrogen-bond donors (Lipinski definition) is 3. The van der Waals surface area contributed by atoms with Crippen molar-refractivity contribution in [1.29, 1.82) is 0 Å². The fourth-order valence-electron chi connectivity index (χ4n) is 2.96. The van der Waals surface area contributed by atoms with E-state index >= 15 is 0 Å². The molecule has 0 heterocycles. The number of nitrogens with one attached hydrogen (secondary N) is 2. The summed E-state index contributed by atoms with van der Waals surface area (Å²) >= 11 is 0. The second-order valence-electron chi connectivity index (χ2n) is 7.07. The Kier molecular flexibility index (Phi) is 8.62. The van der Waals surface area contributed by atoms with Crippen molar-refractivity contribution < 1.29 is 24.2 Å². The van der Waals surface area contributed by atoms with Crippen molar-refractivity contribution in [2.24, 2.45) is 0 Å². The maximum absolute atomic E-state index is 12.5. The van der Waals surface area contributed by atoms with Gasteiger partial charge in [-0.1, -0.05) is 42.5 Å². The zero-order valence-corrected chi connectivity index (χ0v) is 18.3. The van der Waals surface area contributed by atoms with E-state index in [1.165, 1.54) is 0 Å². The van der Waals surface area contributed by atoms with Gasteiger partial charge in [0, 0.05) is 12.1 Å². The van der Waals surface area contributed by atoms with Crippen LogP contribution >= 0.6 is 0 Å². The molecule has 170 valence electrons. The lowest BCUT2D eigenvalue weighted by atomic mass is 10.1. The molecule has 0 saturated carbocycles. The number of carbonyl (C=O) groups excluding carboxylic acids is 2. The van der Waals surface area contributed by atoms with E-state index in [2.05, 4.69) is 10.6 Å². The molecule has 0 bridgehead atoms. The number of ether oxygens (including phenoxy) is 2. The SMILES string of the molecule is COc1cccc(COc2ccc(C=C(NC(=O)c3ccccc3)C(=O)NCCO)cc2)c1. The summed E-state index contributed by atoms with van der Waals surface area (Å²) in [4.78, 5) is 25.0. The predicted molar refractivity (Wildman–Crippen MR) is 126 cm³/mol. The van der Waals surface area contributed by atoms with Gasteiger partial charge in [0.15, 0.2) is 0 Å². The van der Waals surface area contributed by atoms with E-state index in [1.54, 1.807) is 67.8 Å². The maximum Gasteiger partial charge on any atom is 0.267 e. The predicted octanol–water partition coefficient (Wildman–Crippen LogP) is 3.15. The van der Waals surface area contributed by atoms with E-state index < -0.39 is 11.8 Å². The Hall–Kier alpha value is -4.10. The lowest BCUT2D eigenvalue weighted by molar-refractivity contribution is -0.117. The van der Waals surface area contributed by atoms with Gasteiger partial charge < -0.3 is 25.2 Å². The Morgan fingerprint density at radius 3 is 2.39 bits per heavy atom. The normalized spacial score (nSPS) is 10.9. The number of hydrogen-bond acceptors (Lipinski definition) is 5. The molecule has 0 fully saturated rings. The van der Waals surface area contributed by atoms with Crippen molar-refractivity contribution in [2.45, 2.75) is 6.61 Å². The number of methoxy groups -OCH3 is 1. The Morgan fingerprint density at radius 1 is 0.939 bits per heavy atom. The summed E-state index contributed by atoms with van der Waals surface area (Å²) in [6.45, 7) is 0.258. The summed E-state index contributed by atoms with van der Waals surface area (Å²) in [7, 11) is 1.62. The fraction of sp³-hybridized carbons (Fsp3) is 0.154. The first kappa shape index (κ1) is 23.6. The van der Waals surface area contributed by atoms with Gasteiger partial charge >= 0.3 is 0 Å². The molecular formula is C26H26N2O5. The average molecular weight is 447 g/mol. The van der Waals surface area contributed by atoms with Crippen LogP contribution in [0.1, 0.15) is 21.5 Å². The van der Waals surface area contributed by atoms with Crippen LogP contribution in [0.25, 0.3) is 6.08 Å². The van der Waals surface area contributed by atoms with Gasteiger partial charge in [0.25, 0.3) is 11.8 Å². The summed E-state index contributed by atoms with van der Waals surface area (Å²) in [6, 6.07) is 23.4. The lowest BCUT2D eigenvalue weighted by Crippen LogP contribution is -2.36. The molecule has 0 aliphatic heterocycles. The summed E-state index contributed by atoms with van der Waals surface area (Å²) in [5.74, 6) is 0.529. The first-order valence-electron chi connectivity index (χ1n) is 10.4. The Balaban J connectivity index is 1.71. The van der Waals surface area contributed by atoms with Crippen molar-refractivity contribution in [3.8, 4) is 11.5 Å². The second-order valence-corrected chi connectivity index (χ2v) is 7.07. The molecule has 3 N–H and O–H groups in total. The molecule has 2 amide bonds. The summed E-state index contributed by atoms with van der Waals surface area (Å²) in [6.07, 6.45) is 1.57. The van der Waals surface area contributed by atoms with Crippen LogP contribution in [0.4, 0.5) is 0 Å². The lowest BCUT2D eigenvalue weighted by Gasteiger charge is -2.11. The van der Waals surface area contributed by atoms with Crippen LogP contribution in [-0.2, 0) is 11.4 Å². The van der Waals surface area contributed by atoms with Crippen LogP contribution in [-0.4, -0.2) is 37.2 Å². The number of rotatable bonds is 10. The topological polar surface area (TPSA) is 96.9 Å². The molecule has 3 aromatic carbocycles. The van der Waals surface area contributed by atoms with Gasteiger partial charge in [0.1, 0.15) is 23.8 Å². The molecule has 0 unspecified atom stereocenters. The van der Waals surface area contributed by atoms with Crippen LogP contribution in [0, 0.1) is 0 Å². The third kappa shape index (κ3) is 7.22. The van der Waals surface area contributed by atoms with Gasteiger partial charge in [-0.3, -0.25) is 9.59 Å². The number of carbonyl (C=O) groups is 2. The molecular weight excluding hydrogens is 420 g/mol. The van der Waals surface area contributed by atoms with Gasteiger partial charge in [0.2, 0.25) is 0 Å². The van der Waals surface area contributed by atoms with Gasteiger partial charge in [-0.05, 0) is 53.6 Å². The Labute approximate surface area is 192 Å². The first-order valence-corrected chi connectivity index (χ1v) is 10.4. The molecule has 0 saturated heterocycles. The highest BCUT2D eigenvalue weighted by atomic mass is 16.5. The zero-order valence-electron chi connectivity index (χ0n) is 18.3. The van der Waals surface area contributed by atoms with Crippen molar-refractivity contribution in [3.05, 3.63) is 101 Å². The van der Waals surface area contributed by atoms with Gasteiger partial charge in [-0.2, -0.15) is 0 Å². The number of aliphatic hydroxyl groups is 1. The molecule has 0 aliphatic carbocycles. The Morgan fingerprint density at radius 2 is 1.70 bits per heavy atom. The van der Waals surface area contributed by atoms with Crippen LogP contribution in [0.5, 0.6) is 11.5 Å².